The molecule has 114 valence electrons. The SMILES string of the molecule is CCN(CC(F)(F)F)S(=O)(=O)c1c(C)ccc(N)c1C. The van der Waals surface area contributed by atoms with Crippen LogP contribution in [0.2, 0.25) is 0 Å². The molecular weight excluding hydrogens is 293 g/mol. The number of aryl methyl sites for hydroxylation is 1. The molecule has 0 spiro atoms. The summed E-state index contributed by atoms with van der Waals surface area (Å²) in [7, 11) is -4.23. The highest BCUT2D eigenvalue weighted by Gasteiger charge is 2.37. The van der Waals surface area contributed by atoms with E-state index in [4.69, 9.17) is 5.73 Å². The number of sulfonamides is 1. The lowest BCUT2D eigenvalue weighted by molar-refractivity contribution is -0.135. The number of hydrogen-bond donors (Lipinski definition) is 1. The summed E-state index contributed by atoms with van der Waals surface area (Å²) >= 11 is 0. The van der Waals surface area contributed by atoms with Crippen LogP contribution in [0.3, 0.4) is 0 Å². The summed E-state index contributed by atoms with van der Waals surface area (Å²) in [6.45, 7) is 2.59. The number of alkyl halides is 3. The minimum atomic E-state index is -4.59. The first-order valence-electron chi connectivity index (χ1n) is 5.93. The second-order valence-electron chi connectivity index (χ2n) is 4.47. The molecule has 0 unspecified atom stereocenters. The first-order valence-corrected chi connectivity index (χ1v) is 7.37. The van der Waals surface area contributed by atoms with Gasteiger partial charge >= 0.3 is 6.18 Å². The van der Waals surface area contributed by atoms with Crippen molar-refractivity contribution in [1.29, 1.82) is 0 Å². The topological polar surface area (TPSA) is 63.4 Å². The molecule has 0 atom stereocenters. The molecule has 0 fully saturated rings. The first kappa shape index (κ1) is 16.8. The molecule has 0 heterocycles. The van der Waals surface area contributed by atoms with E-state index in [0.29, 0.717) is 9.87 Å². The molecule has 0 saturated heterocycles. The van der Waals surface area contributed by atoms with E-state index in [2.05, 4.69) is 0 Å². The number of nitrogens with zero attached hydrogens (tertiary/aromatic N) is 1. The summed E-state index contributed by atoms with van der Waals surface area (Å²) in [5.74, 6) is 0. The maximum atomic E-state index is 12.5. The van der Waals surface area contributed by atoms with Gasteiger partial charge in [-0.2, -0.15) is 17.5 Å². The predicted molar refractivity (Wildman–Crippen MR) is 70.8 cm³/mol. The number of hydrogen-bond acceptors (Lipinski definition) is 3. The molecule has 1 aromatic rings. The molecule has 4 nitrogen and oxygen atoms in total. The van der Waals surface area contributed by atoms with Gasteiger partial charge in [-0.3, -0.25) is 0 Å². The van der Waals surface area contributed by atoms with Gasteiger partial charge in [0.25, 0.3) is 0 Å². The summed E-state index contributed by atoms with van der Waals surface area (Å²) < 4.78 is 62.7. The summed E-state index contributed by atoms with van der Waals surface area (Å²) in [6, 6.07) is 3.01. The Morgan fingerprint density at radius 1 is 1.25 bits per heavy atom. The van der Waals surface area contributed by atoms with Gasteiger partial charge in [0.2, 0.25) is 10.0 Å². The van der Waals surface area contributed by atoms with E-state index in [9.17, 15) is 21.6 Å². The maximum absolute atomic E-state index is 12.5. The molecular formula is C12H17F3N2O2S. The molecule has 1 rings (SSSR count). The fraction of sp³-hybridized carbons (Fsp3) is 0.500. The Balaban J connectivity index is 3.39. The number of halogens is 3. The van der Waals surface area contributed by atoms with Gasteiger partial charge in [-0.1, -0.05) is 13.0 Å². The highest BCUT2D eigenvalue weighted by molar-refractivity contribution is 7.89. The zero-order chi connectivity index (χ0) is 15.7. The number of nitrogens with two attached hydrogens (primary N) is 1. The van der Waals surface area contributed by atoms with Gasteiger partial charge in [-0.15, -0.1) is 0 Å². The third-order valence-corrected chi connectivity index (χ3v) is 5.16. The Morgan fingerprint density at radius 2 is 1.80 bits per heavy atom. The molecule has 0 aliphatic carbocycles. The van der Waals surface area contributed by atoms with Gasteiger partial charge in [0, 0.05) is 12.2 Å². The lowest BCUT2D eigenvalue weighted by Crippen LogP contribution is -2.39. The summed E-state index contributed by atoms with van der Waals surface area (Å²) in [5.41, 5.74) is 6.53. The van der Waals surface area contributed by atoms with Gasteiger partial charge in [-0.05, 0) is 31.0 Å². The van der Waals surface area contributed by atoms with Gasteiger partial charge < -0.3 is 5.73 Å². The standard InChI is InChI=1S/C12H17F3N2O2S/c1-4-17(7-12(13,14)15)20(18,19)11-8(2)5-6-10(16)9(11)3/h5-6H,4,7,16H2,1-3H3. The Hall–Kier alpha value is -1.28. The quantitative estimate of drug-likeness (QED) is 0.869. The Labute approximate surface area is 116 Å². The summed E-state index contributed by atoms with van der Waals surface area (Å²) in [5, 5.41) is 0. The highest BCUT2D eigenvalue weighted by Crippen LogP contribution is 2.29. The monoisotopic (exact) mass is 310 g/mol. The second-order valence-corrected chi connectivity index (χ2v) is 6.35. The van der Waals surface area contributed by atoms with E-state index in [1.165, 1.54) is 32.9 Å². The second kappa shape index (κ2) is 5.61. The van der Waals surface area contributed by atoms with E-state index >= 15 is 0 Å². The van der Waals surface area contributed by atoms with Crippen LogP contribution in [0.4, 0.5) is 18.9 Å². The number of anilines is 1. The third kappa shape index (κ3) is 3.43. The van der Waals surface area contributed by atoms with Crippen molar-refractivity contribution in [2.45, 2.75) is 31.8 Å². The van der Waals surface area contributed by atoms with Crippen molar-refractivity contribution in [2.24, 2.45) is 0 Å². The van der Waals surface area contributed by atoms with Gasteiger partial charge in [0.05, 0.1) is 4.90 Å². The average molecular weight is 310 g/mol. The Morgan fingerprint density at radius 3 is 2.25 bits per heavy atom. The van der Waals surface area contributed by atoms with Gasteiger partial charge in [0.15, 0.2) is 0 Å². The molecule has 0 aromatic heterocycles. The molecule has 0 amide bonds. The summed E-state index contributed by atoms with van der Waals surface area (Å²) in [4.78, 5) is -0.149. The van der Waals surface area contributed by atoms with E-state index in [-0.39, 0.29) is 22.7 Å². The highest BCUT2D eigenvalue weighted by atomic mass is 32.2. The van der Waals surface area contributed by atoms with Crippen LogP contribution < -0.4 is 5.73 Å². The maximum Gasteiger partial charge on any atom is 0.402 e. The van der Waals surface area contributed by atoms with Crippen molar-refractivity contribution in [3.05, 3.63) is 23.3 Å². The number of benzene rings is 1. The Bertz CT molecular complexity index is 597. The molecule has 0 bridgehead atoms. The average Bonchev–Trinajstić information content (AvgIpc) is 2.29. The lowest BCUT2D eigenvalue weighted by atomic mass is 10.1. The minimum absolute atomic E-state index is 0.149. The smallest absolute Gasteiger partial charge is 0.398 e. The molecule has 2 N–H and O–H groups in total. The van der Waals surface area contributed by atoms with Crippen LogP contribution in [-0.2, 0) is 10.0 Å². The van der Waals surface area contributed by atoms with Crippen LogP contribution in [-0.4, -0.2) is 32.0 Å². The van der Waals surface area contributed by atoms with Gasteiger partial charge in [0.1, 0.15) is 6.54 Å². The molecule has 0 aliphatic rings. The third-order valence-electron chi connectivity index (χ3n) is 2.95. The first-order chi connectivity index (χ1) is 9.00. The molecule has 0 radical (unpaired) electrons. The Kier molecular flexibility index (Phi) is 4.70. The zero-order valence-electron chi connectivity index (χ0n) is 11.5. The predicted octanol–water partition coefficient (Wildman–Crippen LogP) is 2.46. The van der Waals surface area contributed by atoms with E-state index in [1.807, 2.05) is 0 Å². The summed E-state index contributed by atoms with van der Waals surface area (Å²) in [6.07, 6.45) is -4.59. The van der Waals surface area contributed by atoms with E-state index < -0.39 is 22.7 Å². The number of rotatable bonds is 4. The van der Waals surface area contributed by atoms with Crippen LogP contribution in [0.1, 0.15) is 18.1 Å². The van der Waals surface area contributed by atoms with Crippen molar-refractivity contribution in [3.8, 4) is 0 Å². The van der Waals surface area contributed by atoms with Crippen LogP contribution in [0.5, 0.6) is 0 Å². The molecule has 0 saturated carbocycles. The minimum Gasteiger partial charge on any atom is -0.398 e. The van der Waals surface area contributed by atoms with E-state index in [1.54, 1.807) is 0 Å². The zero-order valence-corrected chi connectivity index (χ0v) is 12.3. The van der Waals surface area contributed by atoms with Crippen molar-refractivity contribution >= 4 is 15.7 Å². The van der Waals surface area contributed by atoms with Crippen LogP contribution in [0.25, 0.3) is 0 Å². The van der Waals surface area contributed by atoms with Crippen molar-refractivity contribution in [3.63, 3.8) is 0 Å². The molecule has 20 heavy (non-hydrogen) atoms. The lowest BCUT2D eigenvalue weighted by Gasteiger charge is -2.24. The van der Waals surface area contributed by atoms with Crippen LogP contribution >= 0.6 is 0 Å². The molecule has 1 aromatic carbocycles. The van der Waals surface area contributed by atoms with Crippen molar-refractivity contribution < 1.29 is 21.6 Å². The van der Waals surface area contributed by atoms with Crippen molar-refractivity contribution in [2.75, 3.05) is 18.8 Å². The fourth-order valence-corrected chi connectivity index (χ4v) is 3.83. The molecule has 0 aliphatic heterocycles. The van der Waals surface area contributed by atoms with E-state index in [0.717, 1.165) is 0 Å². The largest absolute Gasteiger partial charge is 0.402 e. The normalized spacial score (nSPS) is 12.9. The van der Waals surface area contributed by atoms with Crippen LogP contribution in [0, 0.1) is 13.8 Å². The van der Waals surface area contributed by atoms with Gasteiger partial charge in [-0.25, -0.2) is 8.42 Å². The van der Waals surface area contributed by atoms with Crippen molar-refractivity contribution in [1.82, 2.24) is 4.31 Å². The molecule has 8 heteroatoms. The van der Waals surface area contributed by atoms with Crippen LogP contribution in [0.15, 0.2) is 17.0 Å². The fourth-order valence-electron chi connectivity index (χ4n) is 1.94. The number of nitrogen functional groups attached to an aromatic ring is 1.